The third-order valence-electron chi connectivity index (χ3n) is 6.28. The Bertz CT molecular complexity index is 1860. The summed E-state index contributed by atoms with van der Waals surface area (Å²) in [5.41, 5.74) is 3.59. The van der Waals surface area contributed by atoms with Gasteiger partial charge in [-0.05, 0) is 66.6 Å². The van der Waals surface area contributed by atoms with Crippen LogP contribution in [0.2, 0.25) is 0 Å². The molecule has 0 bridgehead atoms. The highest BCUT2D eigenvalue weighted by molar-refractivity contribution is 7.92. The van der Waals surface area contributed by atoms with Gasteiger partial charge in [0.25, 0.3) is 10.0 Å². The van der Waals surface area contributed by atoms with E-state index in [-0.39, 0.29) is 16.9 Å². The van der Waals surface area contributed by atoms with Crippen molar-refractivity contribution in [1.29, 1.82) is 0 Å². The molecule has 1 heterocycles. The molecule has 1 N–H and O–H groups in total. The summed E-state index contributed by atoms with van der Waals surface area (Å²) in [6.45, 7) is 2.09. The van der Waals surface area contributed by atoms with Crippen LogP contribution >= 0.6 is 0 Å². The number of rotatable bonds is 8. The molecule has 0 amide bonds. The molecule has 0 unspecified atom stereocenters. The maximum Gasteiger partial charge on any atom is 0.337 e. The molecule has 0 atom stereocenters. The first-order valence-corrected chi connectivity index (χ1v) is 13.8. The molecule has 1 aromatic heterocycles. The summed E-state index contributed by atoms with van der Waals surface area (Å²) in [4.78, 5) is 25.1. The molecular weight excluding hydrogens is 530 g/mol. The summed E-state index contributed by atoms with van der Waals surface area (Å²) in [5.74, 6) is 0.0698. The lowest BCUT2D eigenvalue weighted by Crippen LogP contribution is -2.12. The van der Waals surface area contributed by atoms with Crippen LogP contribution in [-0.4, -0.2) is 21.5 Å². The van der Waals surface area contributed by atoms with Gasteiger partial charge in [-0.15, -0.1) is 0 Å². The maximum atomic E-state index is 13.2. The Morgan fingerprint density at radius 2 is 1.68 bits per heavy atom. The lowest BCUT2D eigenvalue weighted by Gasteiger charge is -2.10. The van der Waals surface area contributed by atoms with Crippen LogP contribution < -0.4 is 14.9 Å². The number of aryl methyl sites for hydroxylation is 1. The second-order valence-electron chi connectivity index (χ2n) is 9.11. The minimum atomic E-state index is -3.74. The first kappa shape index (κ1) is 26.7. The lowest BCUT2D eigenvalue weighted by molar-refractivity contribution is 0.0600. The normalized spacial score (nSPS) is 11.2. The predicted octanol–water partition coefficient (Wildman–Crippen LogP) is 5.93. The topological polar surface area (TPSA) is 112 Å². The number of hydrogen-bond acceptors (Lipinski definition) is 7. The SMILES string of the molecule is COC(=O)c1cccc(COc2ccc3c(=O)c(-c4ccc(NS(=O)(=O)c5ccc(C)cc5)cc4)coc3c2)c1. The first-order chi connectivity index (χ1) is 19.2. The standard InChI is InChI=1S/C31H25NO7S/c1-20-6-13-26(14-7-20)40(35,36)32-24-10-8-22(9-11-24)28-19-39-29-17-25(12-15-27(29)30(28)33)38-18-21-4-3-5-23(16-21)31(34)37-2/h3-17,19,32H,18H2,1-2H3. The van der Waals surface area contributed by atoms with E-state index in [2.05, 4.69) is 4.72 Å². The molecule has 40 heavy (non-hydrogen) atoms. The Balaban J connectivity index is 1.32. The summed E-state index contributed by atoms with van der Waals surface area (Å²) in [6.07, 6.45) is 1.37. The van der Waals surface area contributed by atoms with E-state index in [9.17, 15) is 18.0 Å². The van der Waals surface area contributed by atoms with Crippen molar-refractivity contribution in [3.8, 4) is 16.9 Å². The monoisotopic (exact) mass is 555 g/mol. The summed E-state index contributed by atoms with van der Waals surface area (Å²) in [5, 5.41) is 0.377. The Kier molecular flexibility index (Phi) is 7.39. The molecule has 0 aliphatic carbocycles. The summed E-state index contributed by atoms with van der Waals surface area (Å²) in [6, 6.07) is 24.9. The van der Waals surface area contributed by atoms with Crippen LogP contribution in [0.15, 0.2) is 111 Å². The van der Waals surface area contributed by atoms with Crippen molar-refractivity contribution in [3.05, 3.63) is 124 Å². The van der Waals surface area contributed by atoms with Gasteiger partial charge in [0, 0.05) is 11.8 Å². The van der Waals surface area contributed by atoms with Crippen molar-refractivity contribution in [3.63, 3.8) is 0 Å². The smallest absolute Gasteiger partial charge is 0.337 e. The van der Waals surface area contributed by atoms with Crippen LogP contribution in [0.4, 0.5) is 5.69 Å². The number of benzene rings is 4. The van der Waals surface area contributed by atoms with E-state index >= 15 is 0 Å². The van der Waals surface area contributed by atoms with Crippen LogP contribution in [0.3, 0.4) is 0 Å². The molecule has 5 rings (SSSR count). The molecule has 0 aliphatic rings. The van der Waals surface area contributed by atoms with E-state index < -0.39 is 16.0 Å². The van der Waals surface area contributed by atoms with Crippen molar-refractivity contribution in [2.75, 3.05) is 11.8 Å². The van der Waals surface area contributed by atoms with Crippen molar-refractivity contribution in [2.24, 2.45) is 0 Å². The Labute approximate surface area is 230 Å². The molecule has 0 fully saturated rings. The fraction of sp³-hybridized carbons (Fsp3) is 0.0968. The minimum Gasteiger partial charge on any atom is -0.489 e. The molecular formula is C31H25NO7S. The fourth-order valence-corrected chi connectivity index (χ4v) is 5.18. The number of carbonyl (C=O) groups excluding carboxylic acids is 1. The van der Waals surface area contributed by atoms with Gasteiger partial charge in [-0.1, -0.05) is 42.0 Å². The zero-order valence-corrected chi connectivity index (χ0v) is 22.5. The minimum absolute atomic E-state index is 0.162. The first-order valence-electron chi connectivity index (χ1n) is 12.3. The molecule has 0 saturated carbocycles. The second-order valence-corrected chi connectivity index (χ2v) is 10.8. The van der Waals surface area contributed by atoms with E-state index in [4.69, 9.17) is 13.9 Å². The number of ether oxygens (including phenoxy) is 2. The molecule has 0 radical (unpaired) electrons. The summed E-state index contributed by atoms with van der Waals surface area (Å²) < 4.78 is 44.3. The fourth-order valence-electron chi connectivity index (χ4n) is 4.12. The number of esters is 1. The molecule has 0 spiro atoms. The number of carbonyl (C=O) groups is 1. The van der Waals surface area contributed by atoms with E-state index in [1.165, 1.54) is 13.4 Å². The maximum absolute atomic E-state index is 13.2. The molecule has 0 aliphatic heterocycles. The van der Waals surface area contributed by atoms with Crippen molar-refractivity contribution in [1.82, 2.24) is 0 Å². The van der Waals surface area contributed by atoms with Gasteiger partial charge in [-0.2, -0.15) is 0 Å². The third-order valence-corrected chi connectivity index (χ3v) is 7.68. The molecule has 8 nitrogen and oxygen atoms in total. The third kappa shape index (κ3) is 5.74. The Morgan fingerprint density at radius 1 is 0.925 bits per heavy atom. The largest absolute Gasteiger partial charge is 0.489 e. The van der Waals surface area contributed by atoms with Gasteiger partial charge < -0.3 is 13.9 Å². The van der Waals surface area contributed by atoms with Crippen LogP contribution in [0.25, 0.3) is 22.1 Å². The van der Waals surface area contributed by atoms with Gasteiger partial charge in [0.15, 0.2) is 5.43 Å². The second kappa shape index (κ2) is 11.1. The van der Waals surface area contributed by atoms with Gasteiger partial charge >= 0.3 is 5.97 Å². The van der Waals surface area contributed by atoms with Gasteiger partial charge in [-0.25, -0.2) is 13.2 Å². The van der Waals surface area contributed by atoms with E-state index in [1.807, 2.05) is 13.0 Å². The Morgan fingerprint density at radius 3 is 2.40 bits per heavy atom. The summed E-state index contributed by atoms with van der Waals surface area (Å²) >= 11 is 0. The van der Waals surface area contributed by atoms with E-state index in [1.54, 1.807) is 84.9 Å². The molecule has 9 heteroatoms. The van der Waals surface area contributed by atoms with Crippen molar-refractivity contribution in [2.45, 2.75) is 18.4 Å². The highest BCUT2D eigenvalue weighted by atomic mass is 32.2. The number of fused-ring (bicyclic) bond motifs is 1. The Hall–Kier alpha value is -4.89. The number of anilines is 1. The molecule has 4 aromatic carbocycles. The van der Waals surface area contributed by atoms with Gasteiger partial charge in [0.05, 0.1) is 28.5 Å². The highest BCUT2D eigenvalue weighted by Crippen LogP contribution is 2.25. The van der Waals surface area contributed by atoms with Crippen LogP contribution in [0.1, 0.15) is 21.5 Å². The number of hydrogen-bond donors (Lipinski definition) is 1. The van der Waals surface area contributed by atoms with Crippen LogP contribution in [0.5, 0.6) is 5.75 Å². The van der Waals surface area contributed by atoms with E-state index in [0.29, 0.717) is 39.1 Å². The zero-order chi connectivity index (χ0) is 28.3. The summed E-state index contributed by atoms with van der Waals surface area (Å²) in [7, 11) is -2.42. The van der Waals surface area contributed by atoms with Gasteiger partial charge in [0.2, 0.25) is 0 Å². The van der Waals surface area contributed by atoms with Gasteiger partial charge in [0.1, 0.15) is 24.2 Å². The molecule has 202 valence electrons. The number of methoxy groups -OCH3 is 1. The van der Waals surface area contributed by atoms with E-state index in [0.717, 1.165) is 11.1 Å². The quantitative estimate of drug-likeness (QED) is 0.236. The molecule has 0 saturated heterocycles. The molecule has 5 aromatic rings. The van der Waals surface area contributed by atoms with Crippen LogP contribution in [-0.2, 0) is 21.4 Å². The lowest BCUT2D eigenvalue weighted by atomic mass is 10.1. The number of nitrogens with one attached hydrogen (secondary N) is 1. The van der Waals surface area contributed by atoms with Crippen LogP contribution in [0, 0.1) is 6.92 Å². The zero-order valence-electron chi connectivity index (χ0n) is 21.7. The highest BCUT2D eigenvalue weighted by Gasteiger charge is 2.15. The van der Waals surface area contributed by atoms with Crippen molar-refractivity contribution >= 4 is 32.6 Å². The average molecular weight is 556 g/mol. The van der Waals surface area contributed by atoms with Crippen molar-refractivity contribution < 1.29 is 27.1 Å². The average Bonchev–Trinajstić information content (AvgIpc) is 2.96. The number of sulfonamides is 1. The van der Waals surface area contributed by atoms with Gasteiger partial charge in [-0.3, -0.25) is 9.52 Å². The predicted molar refractivity (Wildman–Crippen MR) is 152 cm³/mol.